The van der Waals surface area contributed by atoms with Gasteiger partial charge in [-0.05, 0) is 123 Å². The summed E-state index contributed by atoms with van der Waals surface area (Å²) in [6, 6.07) is 30.4. The van der Waals surface area contributed by atoms with Crippen LogP contribution in [0.5, 0.6) is 17.2 Å². The zero-order valence-corrected chi connectivity index (χ0v) is 26.0. The molecule has 1 N–H and O–H groups in total. The number of aromatic nitrogens is 2. The maximum atomic E-state index is 6.11. The molecule has 5 aromatic rings. The van der Waals surface area contributed by atoms with E-state index >= 15 is 0 Å². The molecule has 2 atom stereocenters. The highest BCUT2D eigenvalue weighted by molar-refractivity contribution is 7.80. The Morgan fingerprint density at radius 1 is 0.860 bits per heavy atom. The lowest BCUT2D eigenvalue weighted by Gasteiger charge is -2.28. The van der Waals surface area contributed by atoms with Crippen molar-refractivity contribution >= 4 is 23.0 Å². The van der Waals surface area contributed by atoms with Crippen LogP contribution in [0.3, 0.4) is 0 Å². The van der Waals surface area contributed by atoms with Crippen LogP contribution in [-0.2, 0) is 6.42 Å². The second-order valence-electron chi connectivity index (χ2n) is 10.9. The molecule has 3 aromatic carbocycles. The molecule has 2 aromatic heterocycles. The van der Waals surface area contributed by atoms with Gasteiger partial charge in [0.2, 0.25) is 0 Å². The number of pyridine rings is 1. The molecule has 1 aliphatic heterocycles. The number of ether oxygens (including phenoxy) is 2. The van der Waals surface area contributed by atoms with Gasteiger partial charge >= 0.3 is 0 Å². The fourth-order valence-corrected chi connectivity index (χ4v) is 6.51. The highest BCUT2D eigenvalue weighted by atomic mass is 32.1. The summed E-state index contributed by atoms with van der Waals surface area (Å²) in [6.07, 6.45) is 2.81. The van der Waals surface area contributed by atoms with Crippen LogP contribution < -0.4 is 19.7 Å². The van der Waals surface area contributed by atoms with Crippen molar-refractivity contribution in [3.8, 4) is 22.9 Å². The predicted molar refractivity (Wildman–Crippen MR) is 177 cm³/mol. The fourth-order valence-electron chi connectivity index (χ4n) is 6.16. The normalized spacial score (nSPS) is 16.3. The highest BCUT2D eigenvalue weighted by Gasteiger charge is 2.42. The molecule has 3 heterocycles. The van der Waals surface area contributed by atoms with Crippen molar-refractivity contribution in [3.05, 3.63) is 131 Å². The number of methoxy groups -OCH3 is 1. The van der Waals surface area contributed by atoms with Crippen molar-refractivity contribution in [1.82, 2.24) is 14.9 Å². The fraction of sp³-hybridized carbons (Fsp3) is 0.222. The summed E-state index contributed by atoms with van der Waals surface area (Å²) in [4.78, 5) is 6.97. The average molecular weight is 589 g/mol. The van der Waals surface area contributed by atoms with Crippen LogP contribution in [0, 0.1) is 20.8 Å². The second kappa shape index (κ2) is 11.9. The Labute approximate surface area is 258 Å². The maximum absolute atomic E-state index is 6.11. The molecule has 43 heavy (non-hydrogen) atoms. The van der Waals surface area contributed by atoms with Crippen LogP contribution in [-0.4, -0.2) is 21.8 Å². The van der Waals surface area contributed by atoms with Gasteiger partial charge in [-0.2, -0.15) is 0 Å². The number of nitrogens with one attached hydrogen (secondary N) is 1. The number of nitrogens with zero attached hydrogens (tertiary/aromatic N) is 3. The van der Waals surface area contributed by atoms with Crippen molar-refractivity contribution in [2.45, 2.75) is 46.2 Å². The Morgan fingerprint density at radius 3 is 2.21 bits per heavy atom. The topological polar surface area (TPSA) is 51.6 Å². The summed E-state index contributed by atoms with van der Waals surface area (Å²) in [5, 5.41) is 4.27. The quantitative estimate of drug-likeness (QED) is 0.184. The molecule has 0 spiro atoms. The van der Waals surface area contributed by atoms with Crippen molar-refractivity contribution in [2.75, 3.05) is 12.0 Å². The lowest BCUT2D eigenvalue weighted by molar-refractivity contribution is 0.413. The van der Waals surface area contributed by atoms with Crippen LogP contribution in [0.4, 0.5) is 5.69 Å². The van der Waals surface area contributed by atoms with Crippen LogP contribution in [0.25, 0.3) is 5.69 Å². The van der Waals surface area contributed by atoms with E-state index in [2.05, 4.69) is 84.9 Å². The van der Waals surface area contributed by atoms with Gasteiger partial charge in [-0.25, -0.2) is 0 Å². The first-order valence-corrected chi connectivity index (χ1v) is 15.0. The lowest BCUT2D eigenvalue weighted by atomic mass is 9.96. The average Bonchev–Trinajstić information content (AvgIpc) is 3.52. The minimum atomic E-state index is -0.125. The molecule has 0 unspecified atom stereocenters. The number of anilines is 1. The molecular formula is C36H36N4O2S. The molecule has 0 radical (unpaired) electrons. The standard InChI is InChI=1S/C36H36N4O2S/c1-6-26-11-9-10-23(2)34(26)39-24(3)22-31(25(39)4)35-33(32-12-7-8-21-37-32)38-36(43)40(35)27-13-15-29(16-14-27)42-30-19-17-28(41-5)18-20-30/h7-22,33,35H,6H2,1-5H3,(H,38,43)/t33-,35+/m0/s1. The third kappa shape index (κ3) is 5.37. The molecular weight excluding hydrogens is 552 g/mol. The van der Waals surface area contributed by atoms with Crippen LogP contribution >= 0.6 is 12.2 Å². The van der Waals surface area contributed by atoms with Gasteiger partial charge in [0.1, 0.15) is 17.2 Å². The number of benzene rings is 3. The first-order chi connectivity index (χ1) is 20.9. The zero-order valence-electron chi connectivity index (χ0n) is 25.2. The van der Waals surface area contributed by atoms with Crippen molar-refractivity contribution in [2.24, 2.45) is 0 Å². The predicted octanol–water partition coefficient (Wildman–Crippen LogP) is 8.34. The SMILES string of the molecule is CCc1cccc(C)c1-n1c(C)cc([C@@H]2[C@H](c3ccccn3)NC(=S)N2c2ccc(Oc3ccc(OC)cc3)cc2)c1C. The lowest BCUT2D eigenvalue weighted by Crippen LogP contribution is -2.29. The Bertz CT molecular complexity index is 1750. The molecule has 1 saturated heterocycles. The summed E-state index contributed by atoms with van der Waals surface area (Å²) in [7, 11) is 1.65. The van der Waals surface area contributed by atoms with E-state index in [1.165, 1.54) is 33.8 Å². The number of rotatable bonds is 8. The van der Waals surface area contributed by atoms with E-state index in [0.717, 1.165) is 35.1 Å². The van der Waals surface area contributed by atoms with Crippen molar-refractivity contribution < 1.29 is 9.47 Å². The molecule has 1 aliphatic rings. The van der Waals surface area contributed by atoms with Crippen molar-refractivity contribution in [1.29, 1.82) is 0 Å². The summed E-state index contributed by atoms with van der Waals surface area (Å²) in [5.74, 6) is 2.28. The van der Waals surface area contributed by atoms with E-state index in [-0.39, 0.29) is 12.1 Å². The number of aryl methyl sites for hydroxylation is 3. The molecule has 1 fully saturated rings. The van der Waals surface area contributed by atoms with E-state index in [4.69, 9.17) is 26.7 Å². The van der Waals surface area contributed by atoms with E-state index in [0.29, 0.717) is 5.11 Å². The van der Waals surface area contributed by atoms with E-state index in [1.807, 2.05) is 54.7 Å². The Morgan fingerprint density at radius 2 is 1.56 bits per heavy atom. The second-order valence-corrected chi connectivity index (χ2v) is 11.3. The van der Waals surface area contributed by atoms with Gasteiger partial charge < -0.3 is 24.3 Å². The molecule has 218 valence electrons. The maximum Gasteiger partial charge on any atom is 0.174 e. The van der Waals surface area contributed by atoms with Gasteiger partial charge in [0.25, 0.3) is 0 Å². The van der Waals surface area contributed by atoms with Gasteiger partial charge in [0.05, 0.1) is 30.6 Å². The third-order valence-corrected chi connectivity index (χ3v) is 8.54. The number of thiocarbonyl (C=S) groups is 1. The number of hydrogen-bond acceptors (Lipinski definition) is 4. The highest BCUT2D eigenvalue weighted by Crippen LogP contribution is 2.44. The monoisotopic (exact) mass is 588 g/mol. The molecule has 6 rings (SSSR count). The zero-order chi connectivity index (χ0) is 30.1. The number of hydrogen-bond donors (Lipinski definition) is 1. The smallest absolute Gasteiger partial charge is 0.174 e. The molecule has 7 heteroatoms. The molecule has 0 aliphatic carbocycles. The van der Waals surface area contributed by atoms with E-state index in [1.54, 1.807) is 7.11 Å². The van der Waals surface area contributed by atoms with Gasteiger partial charge in [-0.1, -0.05) is 31.2 Å². The minimum absolute atomic E-state index is 0.107. The van der Waals surface area contributed by atoms with E-state index in [9.17, 15) is 0 Å². The van der Waals surface area contributed by atoms with Crippen LogP contribution in [0.2, 0.25) is 0 Å². The van der Waals surface area contributed by atoms with Crippen LogP contribution in [0.1, 0.15) is 52.8 Å². The Balaban J connectivity index is 1.41. The van der Waals surface area contributed by atoms with Gasteiger partial charge in [0, 0.05) is 23.3 Å². The Kier molecular flexibility index (Phi) is 7.91. The third-order valence-electron chi connectivity index (χ3n) is 8.22. The van der Waals surface area contributed by atoms with Crippen molar-refractivity contribution in [3.63, 3.8) is 0 Å². The minimum Gasteiger partial charge on any atom is -0.497 e. The Hall–Kier alpha value is -4.62. The van der Waals surface area contributed by atoms with E-state index < -0.39 is 0 Å². The summed E-state index contributed by atoms with van der Waals surface area (Å²) in [6.45, 7) is 8.81. The largest absolute Gasteiger partial charge is 0.497 e. The molecule has 0 saturated carbocycles. The number of para-hydroxylation sites is 1. The van der Waals surface area contributed by atoms with Gasteiger partial charge in [-0.3, -0.25) is 4.98 Å². The molecule has 0 bridgehead atoms. The summed E-state index contributed by atoms with van der Waals surface area (Å²) in [5.41, 5.74) is 9.40. The first-order valence-electron chi connectivity index (χ1n) is 14.6. The van der Waals surface area contributed by atoms with Gasteiger partial charge in [0.15, 0.2) is 5.11 Å². The molecule has 0 amide bonds. The van der Waals surface area contributed by atoms with Gasteiger partial charge in [-0.15, -0.1) is 0 Å². The molecule has 6 nitrogen and oxygen atoms in total. The summed E-state index contributed by atoms with van der Waals surface area (Å²) >= 11 is 6.01. The first kappa shape index (κ1) is 28.5. The van der Waals surface area contributed by atoms with Crippen LogP contribution in [0.15, 0.2) is 97.2 Å². The summed E-state index contributed by atoms with van der Waals surface area (Å²) < 4.78 is 13.8.